The number of nitrogens with zero attached hydrogens (tertiary/aromatic N) is 1. The first-order valence-corrected chi connectivity index (χ1v) is 6.92. The quantitative estimate of drug-likeness (QED) is 0.879. The van der Waals surface area contributed by atoms with Gasteiger partial charge in [0.1, 0.15) is 0 Å². The molecule has 2 N–H and O–H groups in total. The highest BCUT2D eigenvalue weighted by atomic mass is 35.5. The molecule has 0 bridgehead atoms. The van der Waals surface area contributed by atoms with E-state index >= 15 is 0 Å². The van der Waals surface area contributed by atoms with E-state index in [0.29, 0.717) is 0 Å². The van der Waals surface area contributed by atoms with Gasteiger partial charge in [-0.25, -0.2) is 0 Å². The SMILES string of the molecule is CCC(C)(C)N(C)C(c1ccccc1Cl)C(C)N. The zero-order valence-corrected chi connectivity index (χ0v) is 12.8. The van der Waals surface area contributed by atoms with E-state index in [2.05, 4.69) is 38.8 Å². The summed E-state index contributed by atoms with van der Waals surface area (Å²) in [4.78, 5) is 2.33. The van der Waals surface area contributed by atoms with Crippen molar-refractivity contribution in [3.8, 4) is 0 Å². The van der Waals surface area contributed by atoms with Crippen molar-refractivity contribution in [2.45, 2.75) is 51.7 Å². The van der Waals surface area contributed by atoms with Crippen molar-refractivity contribution in [1.82, 2.24) is 4.90 Å². The van der Waals surface area contributed by atoms with Crippen molar-refractivity contribution in [2.75, 3.05) is 7.05 Å². The molecule has 0 heterocycles. The number of hydrogen-bond donors (Lipinski definition) is 1. The molecule has 0 spiro atoms. The van der Waals surface area contributed by atoms with E-state index < -0.39 is 0 Å². The molecule has 1 aromatic rings. The Morgan fingerprint density at radius 1 is 1.33 bits per heavy atom. The van der Waals surface area contributed by atoms with Gasteiger partial charge >= 0.3 is 0 Å². The summed E-state index contributed by atoms with van der Waals surface area (Å²) in [5, 5.41) is 0.790. The minimum Gasteiger partial charge on any atom is -0.326 e. The zero-order chi connectivity index (χ0) is 13.9. The molecule has 3 heteroatoms. The van der Waals surface area contributed by atoms with Gasteiger partial charge in [0.15, 0.2) is 0 Å². The summed E-state index contributed by atoms with van der Waals surface area (Å²) in [6, 6.07) is 8.13. The van der Waals surface area contributed by atoms with Crippen LogP contribution in [0.2, 0.25) is 5.02 Å². The molecule has 0 fully saturated rings. The summed E-state index contributed by atoms with van der Waals surface area (Å²) in [7, 11) is 2.13. The second kappa shape index (κ2) is 6.05. The Kier molecular flexibility index (Phi) is 5.20. The third-order valence-electron chi connectivity index (χ3n) is 3.96. The molecule has 1 rings (SSSR count). The van der Waals surface area contributed by atoms with E-state index in [1.165, 1.54) is 0 Å². The van der Waals surface area contributed by atoms with Crippen LogP contribution in [0.5, 0.6) is 0 Å². The normalized spacial score (nSPS) is 15.8. The lowest BCUT2D eigenvalue weighted by atomic mass is 9.92. The zero-order valence-electron chi connectivity index (χ0n) is 12.1. The Morgan fingerprint density at radius 2 is 1.89 bits per heavy atom. The largest absolute Gasteiger partial charge is 0.326 e. The smallest absolute Gasteiger partial charge is 0.0513 e. The fourth-order valence-corrected chi connectivity index (χ4v) is 2.43. The third kappa shape index (κ3) is 3.25. The van der Waals surface area contributed by atoms with E-state index in [9.17, 15) is 0 Å². The Morgan fingerprint density at radius 3 is 2.33 bits per heavy atom. The molecule has 18 heavy (non-hydrogen) atoms. The molecule has 2 nitrogen and oxygen atoms in total. The van der Waals surface area contributed by atoms with Crippen LogP contribution in [0.25, 0.3) is 0 Å². The summed E-state index contributed by atoms with van der Waals surface area (Å²) < 4.78 is 0. The highest BCUT2D eigenvalue weighted by Crippen LogP contribution is 2.33. The van der Waals surface area contributed by atoms with Crippen LogP contribution in [0.15, 0.2) is 24.3 Å². The predicted molar refractivity (Wildman–Crippen MR) is 80.0 cm³/mol. The lowest BCUT2D eigenvalue weighted by Gasteiger charge is -2.43. The molecule has 0 saturated heterocycles. The topological polar surface area (TPSA) is 29.3 Å². The molecule has 0 aliphatic rings. The number of benzene rings is 1. The summed E-state index contributed by atoms with van der Waals surface area (Å²) in [6.07, 6.45) is 1.07. The molecule has 0 aliphatic heterocycles. The molecular formula is C15H25ClN2. The summed E-state index contributed by atoms with van der Waals surface area (Å²) in [5.74, 6) is 0. The van der Waals surface area contributed by atoms with Gasteiger partial charge in [0.25, 0.3) is 0 Å². The number of likely N-dealkylation sites (N-methyl/N-ethyl adjacent to an activating group) is 1. The third-order valence-corrected chi connectivity index (χ3v) is 4.30. The van der Waals surface area contributed by atoms with Gasteiger partial charge in [-0.2, -0.15) is 0 Å². The maximum atomic E-state index is 6.32. The van der Waals surface area contributed by atoms with Gasteiger partial charge in [-0.05, 0) is 45.9 Å². The van der Waals surface area contributed by atoms with Crippen molar-refractivity contribution in [2.24, 2.45) is 5.73 Å². The Hall–Kier alpha value is -0.570. The monoisotopic (exact) mass is 268 g/mol. The fraction of sp³-hybridized carbons (Fsp3) is 0.600. The Labute approximate surface area is 116 Å². The van der Waals surface area contributed by atoms with Crippen molar-refractivity contribution in [3.05, 3.63) is 34.9 Å². The van der Waals surface area contributed by atoms with E-state index in [-0.39, 0.29) is 17.6 Å². The van der Waals surface area contributed by atoms with E-state index in [0.717, 1.165) is 17.0 Å². The number of hydrogen-bond acceptors (Lipinski definition) is 2. The molecule has 2 unspecified atom stereocenters. The van der Waals surface area contributed by atoms with Gasteiger partial charge in [-0.3, -0.25) is 4.90 Å². The minimum absolute atomic E-state index is 0.0284. The van der Waals surface area contributed by atoms with Crippen LogP contribution in [0, 0.1) is 0 Å². The molecule has 0 aliphatic carbocycles. The number of halogens is 1. The molecule has 0 amide bonds. The molecule has 0 aromatic heterocycles. The maximum absolute atomic E-state index is 6.32. The first kappa shape index (κ1) is 15.5. The van der Waals surface area contributed by atoms with E-state index in [1.54, 1.807) is 0 Å². The second-order valence-electron chi connectivity index (χ2n) is 5.60. The van der Waals surface area contributed by atoms with Gasteiger partial charge in [-0.15, -0.1) is 0 Å². The van der Waals surface area contributed by atoms with Crippen LogP contribution < -0.4 is 5.73 Å². The van der Waals surface area contributed by atoms with Crippen LogP contribution in [0.1, 0.15) is 45.7 Å². The van der Waals surface area contributed by atoms with Crippen LogP contribution in [0.3, 0.4) is 0 Å². The first-order valence-electron chi connectivity index (χ1n) is 6.54. The first-order chi connectivity index (χ1) is 8.31. The van der Waals surface area contributed by atoms with Crippen LogP contribution in [-0.2, 0) is 0 Å². The fourth-order valence-electron chi connectivity index (χ4n) is 2.19. The molecular weight excluding hydrogens is 244 g/mol. The van der Waals surface area contributed by atoms with Crippen molar-refractivity contribution < 1.29 is 0 Å². The lowest BCUT2D eigenvalue weighted by molar-refractivity contribution is 0.0848. The van der Waals surface area contributed by atoms with Crippen LogP contribution >= 0.6 is 11.6 Å². The highest BCUT2D eigenvalue weighted by molar-refractivity contribution is 6.31. The summed E-state index contributed by atoms with van der Waals surface area (Å²) in [6.45, 7) is 8.70. The highest BCUT2D eigenvalue weighted by Gasteiger charge is 2.32. The van der Waals surface area contributed by atoms with Gasteiger partial charge in [0.05, 0.1) is 6.04 Å². The van der Waals surface area contributed by atoms with Gasteiger partial charge in [0.2, 0.25) is 0 Å². The standard InChI is InChI=1S/C15H25ClN2/c1-6-15(3,4)18(5)14(11(2)17)12-9-7-8-10-13(12)16/h7-11,14H,6,17H2,1-5H3. The molecule has 1 aromatic carbocycles. The van der Waals surface area contributed by atoms with Crippen molar-refractivity contribution in [1.29, 1.82) is 0 Å². The summed E-state index contributed by atoms with van der Waals surface area (Å²) >= 11 is 6.32. The summed E-state index contributed by atoms with van der Waals surface area (Å²) in [5.41, 5.74) is 7.39. The number of nitrogens with two attached hydrogens (primary N) is 1. The predicted octanol–water partition coefficient (Wildman–Crippen LogP) is 3.85. The molecule has 2 atom stereocenters. The molecule has 0 radical (unpaired) electrons. The Bertz CT molecular complexity index is 388. The average molecular weight is 269 g/mol. The van der Waals surface area contributed by atoms with Crippen LogP contribution in [-0.4, -0.2) is 23.5 Å². The molecule has 0 saturated carbocycles. The second-order valence-corrected chi connectivity index (χ2v) is 6.01. The van der Waals surface area contributed by atoms with Crippen LogP contribution in [0.4, 0.5) is 0 Å². The maximum Gasteiger partial charge on any atom is 0.0513 e. The van der Waals surface area contributed by atoms with E-state index in [4.69, 9.17) is 17.3 Å². The number of rotatable bonds is 5. The van der Waals surface area contributed by atoms with Gasteiger partial charge < -0.3 is 5.73 Å². The van der Waals surface area contributed by atoms with E-state index in [1.807, 2.05) is 25.1 Å². The lowest BCUT2D eigenvalue weighted by Crippen LogP contribution is -2.48. The van der Waals surface area contributed by atoms with Crippen molar-refractivity contribution >= 4 is 11.6 Å². The van der Waals surface area contributed by atoms with Crippen molar-refractivity contribution in [3.63, 3.8) is 0 Å². The van der Waals surface area contributed by atoms with Gasteiger partial charge in [0, 0.05) is 16.6 Å². The molecule has 102 valence electrons. The Balaban J connectivity index is 3.16. The van der Waals surface area contributed by atoms with Gasteiger partial charge in [-0.1, -0.05) is 36.7 Å². The minimum atomic E-state index is 0.0284. The average Bonchev–Trinajstić information content (AvgIpc) is 2.31.